The van der Waals surface area contributed by atoms with Crippen molar-refractivity contribution in [3.05, 3.63) is 47.3 Å². The quantitative estimate of drug-likeness (QED) is 0.585. The van der Waals surface area contributed by atoms with Crippen LogP contribution >= 0.6 is 11.3 Å². The average Bonchev–Trinajstić information content (AvgIpc) is 3.29. The second-order valence-corrected chi connectivity index (χ2v) is 10.9. The summed E-state index contributed by atoms with van der Waals surface area (Å²) in [6, 6.07) is 11.5. The van der Waals surface area contributed by atoms with Crippen molar-refractivity contribution in [1.82, 2.24) is 9.21 Å². The second kappa shape index (κ2) is 10.4. The smallest absolute Gasteiger partial charge is 0.252 e. The number of benzene rings is 1. The number of thiophene rings is 1. The Labute approximate surface area is 183 Å². The molecule has 0 aliphatic carbocycles. The minimum absolute atomic E-state index is 0.114. The van der Waals surface area contributed by atoms with Crippen molar-refractivity contribution >= 4 is 27.3 Å². The van der Waals surface area contributed by atoms with Gasteiger partial charge in [0, 0.05) is 20.1 Å². The lowest BCUT2D eigenvalue weighted by Gasteiger charge is -2.33. The summed E-state index contributed by atoms with van der Waals surface area (Å²) in [6.45, 7) is 3.93. The van der Waals surface area contributed by atoms with E-state index in [1.807, 2.05) is 19.1 Å². The third kappa shape index (κ3) is 5.83. The average molecular weight is 451 g/mol. The van der Waals surface area contributed by atoms with Gasteiger partial charge in [-0.3, -0.25) is 4.79 Å². The molecule has 1 aliphatic heterocycles. The fourth-order valence-corrected chi connectivity index (χ4v) is 6.02. The Morgan fingerprint density at radius 1 is 1.20 bits per heavy atom. The van der Waals surface area contributed by atoms with Gasteiger partial charge in [-0.25, -0.2) is 8.42 Å². The monoisotopic (exact) mass is 450 g/mol. The first-order valence-electron chi connectivity index (χ1n) is 10.4. The van der Waals surface area contributed by atoms with E-state index < -0.39 is 10.0 Å². The topological polar surface area (TPSA) is 66.9 Å². The van der Waals surface area contributed by atoms with Crippen LogP contribution in [0.5, 0.6) is 5.75 Å². The molecule has 1 fully saturated rings. The molecular weight excluding hydrogens is 420 g/mol. The molecule has 0 atom stereocenters. The number of amides is 1. The largest absolute Gasteiger partial charge is 0.494 e. The number of ether oxygens (including phenoxy) is 1. The van der Waals surface area contributed by atoms with Crippen LogP contribution in [0.25, 0.3) is 0 Å². The summed E-state index contributed by atoms with van der Waals surface area (Å²) in [5.74, 6) is 1.37. The molecule has 1 saturated heterocycles. The van der Waals surface area contributed by atoms with Crippen LogP contribution in [0.4, 0.5) is 0 Å². The highest BCUT2D eigenvalue weighted by Gasteiger charge is 2.28. The van der Waals surface area contributed by atoms with Crippen LogP contribution in [0.2, 0.25) is 0 Å². The first-order chi connectivity index (χ1) is 14.4. The fraction of sp³-hybridized carbons (Fsp3) is 0.500. The van der Waals surface area contributed by atoms with Crippen LogP contribution in [0.3, 0.4) is 0 Å². The van der Waals surface area contributed by atoms with Crippen molar-refractivity contribution in [3.8, 4) is 5.75 Å². The summed E-state index contributed by atoms with van der Waals surface area (Å²) in [5, 5.41) is 1.72. The third-order valence-corrected chi connectivity index (χ3v) is 8.74. The standard InChI is InChI=1S/C22H30N2O4S2/c1-3-28-20-10-8-18(9-11-20)6-7-19-12-14-24(15-13-19)21(25)17-23(2)30(26,27)22-5-4-16-29-22/h4-5,8-11,16,19H,3,6-7,12-15,17H2,1-2H3. The lowest BCUT2D eigenvalue weighted by atomic mass is 9.90. The number of piperidine rings is 1. The van der Waals surface area contributed by atoms with E-state index in [9.17, 15) is 13.2 Å². The summed E-state index contributed by atoms with van der Waals surface area (Å²) in [5.41, 5.74) is 1.30. The van der Waals surface area contributed by atoms with Gasteiger partial charge in [0.25, 0.3) is 10.0 Å². The molecule has 3 rings (SSSR count). The summed E-state index contributed by atoms with van der Waals surface area (Å²) >= 11 is 1.17. The van der Waals surface area contributed by atoms with Gasteiger partial charge in [-0.1, -0.05) is 18.2 Å². The summed E-state index contributed by atoms with van der Waals surface area (Å²) in [6.07, 6.45) is 4.05. The van der Waals surface area contributed by atoms with Crippen LogP contribution in [0.1, 0.15) is 31.7 Å². The first kappa shape index (κ1) is 22.8. The number of rotatable bonds is 9. The maximum absolute atomic E-state index is 12.6. The molecule has 1 aromatic heterocycles. The molecule has 0 radical (unpaired) electrons. The maximum Gasteiger partial charge on any atom is 0.252 e. The van der Waals surface area contributed by atoms with Crippen molar-refractivity contribution in [2.45, 2.75) is 36.8 Å². The van der Waals surface area contributed by atoms with E-state index in [0.29, 0.717) is 25.6 Å². The van der Waals surface area contributed by atoms with Gasteiger partial charge in [-0.2, -0.15) is 4.31 Å². The molecule has 0 spiro atoms. The van der Waals surface area contributed by atoms with E-state index in [-0.39, 0.29) is 16.7 Å². The molecule has 6 nitrogen and oxygen atoms in total. The molecule has 2 heterocycles. The lowest BCUT2D eigenvalue weighted by molar-refractivity contribution is -0.132. The Balaban J connectivity index is 1.43. The molecule has 1 aliphatic rings. The van der Waals surface area contributed by atoms with Gasteiger partial charge >= 0.3 is 0 Å². The highest BCUT2D eigenvalue weighted by Crippen LogP contribution is 2.24. The van der Waals surface area contributed by atoms with Crippen LogP contribution in [0, 0.1) is 5.92 Å². The number of hydrogen-bond donors (Lipinski definition) is 0. The Bertz CT molecular complexity index is 903. The van der Waals surface area contributed by atoms with Crippen molar-refractivity contribution in [2.24, 2.45) is 5.92 Å². The molecule has 0 saturated carbocycles. The maximum atomic E-state index is 12.6. The zero-order chi connectivity index (χ0) is 21.6. The Kier molecular flexibility index (Phi) is 7.91. The number of likely N-dealkylation sites (N-methyl/N-ethyl adjacent to an activating group) is 1. The van der Waals surface area contributed by atoms with Crippen LogP contribution in [-0.4, -0.2) is 56.8 Å². The SMILES string of the molecule is CCOc1ccc(CCC2CCN(C(=O)CN(C)S(=O)(=O)c3cccs3)CC2)cc1. The third-order valence-electron chi connectivity index (χ3n) is 5.56. The second-order valence-electron chi connectivity index (χ2n) is 7.63. The number of likely N-dealkylation sites (tertiary alicyclic amines) is 1. The predicted molar refractivity (Wildman–Crippen MR) is 119 cm³/mol. The first-order valence-corrected chi connectivity index (χ1v) is 12.7. The molecule has 8 heteroatoms. The Morgan fingerprint density at radius 2 is 1.90 bits per heavy atom. The lowest BCUT2D eigenvalue weighted by Crippen LogP contribution is -2.44. The molecular formula is C22H30N2O4S2. The van der Waals surface area contributed by atoms with Crippen molar-refractivity contribution in [3.63, 3.8) is 0 Å². The number of sulfonamides is 1. The number of aryl methyl sites for hydroxylation is 1. The number of hydrogen-bond acceptors (Lipinski definition) is 5. The van der Waals surface area contributed by atoms with E-state index in [4.69, 9.17) is 4.74 Å². The van der Waals surface area contributed by atoms with E-state index >= 15 is 0 Å². The van der Waals surface area contributed by atoms with E-state index in [0.717, 1.165) is 35.7 Å². The molecule has 0 bridgehead atoms. The van der Waals surface area contributed by atoms with Crippen LogP contribution < -0.4 is 4.74 Å². The summed E-state index contributed by atoms with van der Waals surface area (Å²) in [7, 11) is -2.12. The molecule has 2 aromatic rings. The Hall–Kier alpha value is -1.90. The van der Waals surface area contributed by atoms with Gasteiger partial charge in [0.2, 0.25) is 5.91 Å². The molecule has 1 aromatic carbocycles. The van der Waals surface area contributed by atoms with Gasteiger partial charge in [0.1, 0.15) is 9.96 Å². The van der Waals surface area contributed by atoms with Gasteiger partial charge in [-0.05, 0) is 67.7 Å². The van der Waals surface area contributed by atoms with Crippen molar-refractivity contribution < 1.29 is 17.9 Å². The highest BCUT2D eigenvalue weighted by atomic mass is 32.2. The van der Waals surface area contributed by atoms with Gasteiger partial charge in [0.15, 0.2) is 0 Å². The molecule has 164 valence electrons. The molecule has 30 heavy (non-hydrogen) atoms. The minimum Gasteiger partial charge on any atom is -0.494 e. The van der Waals surface area contributed by atoms with Gasteiger partial charge in [-0.15, -0.1) is 11.3 Å². The fourth-order valence-electron chi connectivity index (χ4n) is 3.70. The number of carbonyl (C=O) groups excluding carboxylic acids is 1. The molecule has 1 amide bonds. The zero-order valence-corrected chi connectivity index (χ0v) is 19.3. The van der Waals surface area contributed by atoms with E-state index in [1.165, 1.54) is 23.9 Å². The van der Waals surface area contributed by atoms with Crippen molar-refractivity contribution in [2.75, 3.05) is 33.3 Å². The minimum atomic E-state index is -3.59. The predicted octanol–water partition coefficient (Wildman–Crippen LogP) is 3.64. The van der Waals surface area contributed by atoms with Crippen LogP contribution in [0.15, 0.2) is 46.0 Å². The molecule has 0 unspecified atom stereocenters. The summed E-state index contributed by atoms with van der Waals surface area (Å²) < 4.78 is 31.9. The normalized spacial score (nSPS) is 15.5. The van der Waals surface area contributed by atoms with Gasteiger partial charge in [0.05, 0.1) is 13.2 Å². The van der Waals surface area contributed by atoms with Crippen molar-refractivity contribution in [1.29, 1.82) is 0 Å². The van der Waals surface area contributed by atoms with E-state index in [2.05, 4.69) is 12.1 Å². The zero-order valence-electron chi connectivity index (χ0n) is 17.6. The summed E-state index contributed by atoms with van der Waals surface area (Å²) in [4.78, 5) is 14.4. The van der Waals surface area contributed by atoms with E-state index in [1.54, 1.807) is 22.4 Å². The number of carbonyl (C=O) groups is 1. The van der Waals surface area contributed by atoms with Crippen LogP contribution in [-0.2, 0) is 21.2 Å². The number of nitrogens with zero attached hydrogens (tertiary/aromatic N) is 2. The van der Waals surface area contributed by atoms with Gasteiger partial charge < -0.3 is 9.64 Å². The highest BCUT2D eigenvalue weighted by molar-refractivity contribution is 7.91. The molecule has 0 N–H and O–H groups in total. The Morgan fingerprint density at radius 3 is 2.50 bits per heavy atom.